The Morgan fingerprint density at radius 2 is 1.59 bits per heavy atom. The van der Waals surface area contributed by atoms with Gasteiger partial charge in [-0.2, -0.15) is 13.2 Å². The number of alkyl halides is 3. The summed E-state index contributed by atoms with van der Waals surface area (Å²) in [4.78, 5) is 22.2. The van der Waals surface area contributed by atoms with Gasteiger partial charge in [-0.3, -0.25) is 9.20 Å². The fourth-order valence-electron chi connectivity index (χ4n) is 6.01. The number of fused-ring (bicyclic) bond motifs is 1. The third-order valence-electron chi connectivity index (χ3n) is 8.40. The van der Waals surface area contributed by atoms with E-state index in [2.05, 4.69) is 32.2 Å². The standard InChI is InChI=1S/C31H31ClF3N5O/c1-2-26-28(40-18-23(32)7-12-27(40)37-26)29(41)36-17-21-3-8-24(9-4-21)38-15-13-30(14-16-38)19-39(20-30)25-10-5-22(6-11-25)31(33,34)35/h3-12,18H,2,13-17,19-20H2,1H3,(H,36,41). The molecular weight excluding hydrogens is 551 g/mol. The van der Waals surface area contributed by atoms with Crippen molar-refractivity contribution < 1.29 is 18.0 Å². The molecule has 0 aliphatic carbocycles. The highest BCUT2D eigenvalue weighted by Crippen LogP contribution is 2.43. The lowest BCUT2D eigenvalue weighted by molar-refractivity contribution is -0.137. The average molecular weight is 582 g/mol. The van der Waals surface area contributed by atoms with Gasteiger partial charge in [-0.25, -0.2) is 4.98 Å². The fraction of sp³-hybridized carbons (Fsp3) is 0.355. The largest absolute Gasteiger partial charge is 0.416 e. The van der Waals surface area contributed by atoms with Crippen molar-refractivity contribution in [1.82, 2.24) is 14.7 Å². The molecule has 0 saturated carbocycles. The van der Waals surface area contributed by atoms with Crippen LogP contribution in [0.2, 0.25) is 5.02 Å². The second kappa shape index (κ2) is 10.6. The Bertz CT molecular complexity index is 1550. The number of aromatic nitrogens is 2. The van der Waals surface area contributed by atoms with Crippen molar-refractivity contribution in [3.8, 4) is 0 Å². The van der Waals surface area contributed by atoms with E-state index in [9.17, 15) is 18.0 Å². The number of carbonyl (C=O) groups is 1. The molecule has 0 bridgehead atoms. The lowest BCUT2D eigenvalue weighted by atomic mass is 9.71. The first-order chi connectivity index (χ1) is 19.6. The number of nitrogens with zero attached hydrogens (tertiary/aromatic N) is 4. The Morgan fingerprint density at radius 1 is 0.951 bits per heavy atom. The van der Waals surface area contributed by atoms with E-state index in [0.717, 1.165) is 73.8 Å². The fourth-order valence-corrected chi connectivity index (χ4v) is 6.17. The molecule has 1 amide bonds. The van der Waals surface area contributed by atoms with Crippen molar-refractivity contribution in [3.63, 3.8) is 0 Å². The summed E-state index contributed by atoms with van der Waals surface area (Å²) < 4.78 is 40.3. The molecule has 0 atom stereocenters. The van der Waals surface area contributed by atoms with Crippen LogP contribution in [0, 0.1) is 5.41 Å². The van der Waals surface area contributed by atoms with Crippen molar-refractivity contribution in [2.75, 3.05) is 36.0 Å². The molecule has 214 valence electrons. The third-order valence-corrected chi connectivity index (χ3v) is 8.62. The van der Waals surface area contributed by atoms with Gasteiger partial charge in [0.05, 0.1) is 16.3 Å². The molecule has 6 nitrogen and oxygen atoms in total. The maximum Gasteiger partial charge on any atom is 0.416 e. The summed E-state index contributed by atoms with van der Waals surface area (Å²) in [7, 11) is 0. The molecular formula is C31H31ClF3N5O. The Labute approximate surface area is 241 Å². The topological polar surface area (TPSA) is 52.9 Å². The minimum Gasteiger partial charge on any atom is -0.371 e. The van der Waals surface area contributed by atoms with Crippen LogP contribution in [0.1, 0.15) is 47.1 Å². The van der Waals surface area contributed by atoms with Crippen LogP contribution in [-0.2, 0) is 19.1 Å². The van der Waals surface area contributed by atoms with Gasteiger partial charge in [-0.1, -0.05) is 30.7 Å². The average Bonchev–Trinajstić information content (AvgIpc) is 3.32. The van der Waals surface area contributed by atoms with E-state index < -0.39 is 11.7 Å². The van der Waals surface area contributed by atoms with Crippen LogP contribution in [-0.4, -0.2) is 41.5 Å². The molecule has 2 aliphatic heterocycles. The van der Waals surface area contributed by atoms with Gasteiger partial charge in [0.2, 0.25) is 0 Å². The Balaban J connectivity index is 1.02. The summed E-state index contributed by atoms with van der Waals surface area (Å²) in [6.07, 6.45) is 0.139. The number of anilines is 2. The van der Waals surface area contributed by atoms with Crippen LogP contribution in [0.3, 0.4) is 0 Å². The van der Waals surface area contributed by atoms with Gasteiger partial charge < -0.3 is 15.1 Å². The molecule has 2 saturated heterocycles. The molecule has 1 spiro atoms. The number of piperidine rings is 1. The zero-order valence-corrected chi connectivity index (χ0v) is 23.5. The molecule has 4 heterocycles. The van der Waals surface area contributed by atoms with Crippen molar-refractivity contribution >= 4 is 34.5 Å². The van der Waals surface area contributed by atoms with Crippen molar-refractivity contribution in [2.24, 2.45) is 5.41 Å². The number of nitrogens with one attached hydrogen (secondary N) is 1. The number of rotatable bonds is 6. The lowest BCUT2D eigenvalue weighted by Crippen LogP contribution is -2.60. The molecule has 6 rings (SSSR count). The Morgan fingerprint density at radius 3 is 2.22 bits per heavy atom. The second-order valence-electron chi connectivity index (χ2n) is 11.1. The van der Waals surface area contributed by atoms with Gasteiger partial charge in [0.25, 0.3) is 5.91 Å². The number of carbonyl (C=O) groups excluding carboxylic acids is 1. The number of benzene rings is 2. The number of pyridine rings is 1. The third kappa shape index (κ3) is 5.47. The number of imidazole rings is 1. The molecule has 2 aliphatic rings. The Hall–Kier alpha value is -3.72. The predicted octanol–water partition coefficient (Wildman–Crippen LogP) is 6.61. The smallest absolute Gasteiger partial charge is 0.371 e. The maximum absolute atomic E-state index is 13.1. The minimum atomic E-state index is -4.31. The molecule has 2 fully saturated rings. The van der Waals surface area contributed by atoms with E-state index in [0.29, 0.717) is 29.3 Å². The first kappa shape index (κ1) is 27.4. The van der Waals surface area contributed by atoms with Gasteiger partial charge in [0, 0.05) is 55.7 Å². The minimum absolute atomic E-state index is 0.187. The molecule has 2 aromatic heterocycles. The highest BCUT2D eigenvalue weighted by Gasteiger charge is 2.45. The highest BCUT2D eigenvalue weighted by molar-refractivity contribution is 6.30. The number of hydrogen-bond acceptors (Lipinski definition) is 4. The van der Waals surface area contributed by atoms with Gasteiger partial charge in [0.1, 0.15) is 11.3 Å². The van der Waals surface area contributed by atoms with Crippen LogP contribution in [0.4, 0.5) is 24.5 Å². The molecule has 0 radical (unpaired) electrons. The molecule has 4 aromatic rings. The van der Waals surface area contributed by atoms with Crippen molar-refractivity contribution in [2.45, 2.75) is 38.9 Å². The second-order valence-corrected chi connectivity index (χ2v) is 11.5. The molecule has 41 heavy (non-hydrogen) atoms. The molecule has 1 N–H and O–H groups in total. The number of amides is 1. The van der Waals surface area contributed by atoms with E-state index in [4.69, 9.17) is 11.6 Å². The summed E-state index contributed by atoms with van der Waals surface area (Å²) in [6, 6.07) is 17.3. The lowest BCUT2D eigenvalue weighted by Gasteiger charge is -2.55. The van der Waals surface area contributed by atoms with E-state index >= 15 is 0 Å². The summed E-state index contributed by atoms with van der Waals surface area (Å²) in [5.41, 5.74) is 4.56. The number of hydrogen-bond donors (Lipinski definition) is 1. The van der Waals surface area contributed by atoms with Gasteiger partial charge in [0.15, 0.2) is 0 Å². The summed E-state index contributed by atoms with van der Waals surface area (Å²) >= 11 is 6.16. The van der Waals surface area contributed by atoms with Gasteiger partial charge in [-0.15, -0.1) is 0 Å². The first-order valence-corrected chi connectivity index (χ1v) is 14.2. The van der Waals surface area contributed by atoms with E-state index in [1.807, 2.05) is 19.1 Å². The van der Waals surface area contributed by atoms with E-state index in [-0.39, 0.29) is 11.3 Å². The normalized spacial score (nSPS) is 16.7. The zero-order chi connectivity index (χ0) is 28.8. The van der Waals surface area contributed by atoms with Gasteiger partial charge in [-0.05, 0) is 73.4 Å². The summed E-state index contributed by atoms with van der Waals surface area (Å²) in [5, 5.41) is 3.57. The van der Waals surface area contributed by atoms with Crippen LogP contribution < -0.4 is 15.1 Å². The van der Waals surface area contributed by atoms with Crippen LogP contribution in [0.25, 0.3) is 5.65 Å². The molecule has 2 aromatic carbocycles. The molecule has 10 heteroatoms. The van der Waals surface area contributed by atoms with Crippen LogP contribution in [0.15, 0.2) is 66.9 Å². The summed E-state index contributed by atoms with van der Waals surface area (Å²) in [5.74, 6) is -0.187. The molecule has 0 unspecified atom stereocenters. The van der Waals surface area contributed by atoms with Crippen LogP contribution in [0.5, 0.6) is 0 Å². The summed E-state index contributed by atoms with van der Waals surface area (Å²) in [6.45, 7) is 6.01. The van der Waals surface area contributed by atoms with Crippen molar-refractivity contribution in [3.05, 3.63) is 94.4 Å². The SMILES string of the molecule is CCc1nc2ccc(Cl)cn2c1C(=O)NCc1ccc(N2CCC3(CC2)CN(c2ccc(C(F)(F)F)cc2)C3)cc1. The predicted molar refractivity (Wildman–Crippen MR) is 155 cm³/mol. The number of aryl methyl sites for hydroxylation is 1. The first-order valence-electron chi connectivity index (χ1n) is 13.8. The van der Waals surface area contributed by atoms with E-state index in [1.165, 1.54) is 0 Å². The van der Waals surface area contributed by atoms with Crippen molar-refractivity contribution in [1.29, 1.82) is 0 Å². The Kier molecular flexibility index (Phi) is 7.09. The quantitative estimate of drug-likeness (QED) is 0.279. The van der Waals surface area contributed by atoms with Gasteiger partial charge >= 0.3 is 6.18 Å². The van der Waals surface area contributed by atoms with Crippen LogP contribution >= 0.6 is 11.6 Å². The van der Waals surface area contributed by atoms with E-state index in [1.54, 1.807) is 34.9 Å². The highest BCUT2D eigenvalue weighted by atomic mass is 35.5. The monoisotopic (exact) mass is 581 g/mol. The maximum atomic E-state index is 13.1. The number of halogens is 4. The zero-order valence-electron chi connectivity index (χ0n) is 22.7.